The lowest BCUT2D eigenvalue weighted by atomic mass is 9.91. The molecule has 5 heteroatoms. The summed E-state index contributed by atoms with van der Waals surface area (Å²) in [5, 5.41) is 10.2. The zero-order chi connectivity index (χ0) is 12.5. The van der Waals surface area contributed by atoms with Crippen molar-refractivity contribution < 1.29 is 13.9 Å². The maximum Gasteiger partial charge on any atom is 0.164 e. The van der Waals surface area contributed by atoms with Crippen LogP contribution in [0.3, 0.4) is 0 Å². The Balaban J connectivity index is 2.34. The molecule has 0 aliphatic rings. The fraction of sp³-hybridized carbons (Fsp3) is 0.250. The van der Waals surface area contributed by atoms with Crippen LogP contribution in [0.5, 0.6) is 0 Å². The van der Waals surface area contributed by atoms with Gasteiger partial charge in [0.05, 0.1) is 11.1 Å². The summed E-state index contributed by atoms with van der Waals surface area (Å²) in [7, 11) is 0. The van der Waals surface area contributed by atoms with E-state index in [0.29, 0.717) is 0 Å². The number of aromatic nitrogens is 1. The van der Waals surface area contributed by atoms with Gasteiger partial charge in [-0.05, 0) is 13.0 Å². The molecule has 0 aliphatic carbocycles. The molecule has 2 nitrogen and oxygen atoms in total. The largest absolute Gasteiger partial charge is 0.385 e. The van der Waals surface area contributed by atoms with E-state index >= 15 is 0 Å². The summed E-state index contributed by atoms with van der Waals surface area (Å²) in [6.07, 6.45) is 1.81. The first-order valence-corrected chi connectivity index (χ1v) is 5.93. The predicted molar refractivity (Wildman–Crippen MR) is 61.7 cm³/mol. The number of aliphatic hydroxyl groups is 1. The molecule has 0 spiro atoms. The zero-order valence-electron chi connectivity index (χ0n) is 9.15. The number of halogens is 2. The molecule has 0 amide bonds. The highest BCUT2D eigenvalue weighted by Crippen LogP contribution is 2.29. The molecule has 1 aromatic heterocycles. The van der Waals surface area contributed by atoms with Gasteiger partial charge >= 0.3 is 0 Å². The van der Waals surface area contributed by atoms with Crippen molar-refractivity contribution in [1.29, 1.82) is 0 Å². The second kappa shape index (κ2) is 4.50. The van der Waals surface area contributed by atoms with Crippen molar-refractivity contribution in [3.8, 4) is 0 Å². The molecule has 90 valence electrons. The normalized spacial score (nSPS) is 14.6. The van der Waals surface area contributed by atoms with E-state index in [1.165, 1.54) is 30.4 Å². The molecule has 1 atom stereocenters. The highest BCUT2D eigenvalue weighted by Gasteiger charge is 2.28. The quantitative estimate of drug-likeness (QED) is 0.914. The Bertz CT molecular complexity index is 511. The van der Waals surface area contributed by atoms with Gasteiger partial charge in [-0.25, -0.2) is 8.78 Å². The van der Waals surface area contributed by atoms with Gasteiger partial charge in [0.2, 0.25) is 0 Å². The molecule has 1 aromatic carbocycles. The molecule has 0 fully saturated rings. The molecule has 0 radical (unpaired) electrons. The number of benzene rings is 1. The highest BCUT2D eigenvalue weighted by atomic mass is 32.1. The van der Waals surface area contributed by atoms with Gasteiger partial charge < -0.3 is 5.11 Å². The van der Waals surface area contributed by atoms with Gasteiger partial charge in [-0.2, -0.15) is 0 Å². The number of hydrogen-bond acceptors (Lipinski definition) is 3. The SMILES string of the molecule is CC(O)(Cc1cncs1)c1cccc(F)c1F. The molecule has 17 heavy (non-hydrogen) atoms. The molecule has 0 aliphatic heterocycles. The second-order valence-corrected chi connectivity index (χ2v) is 4.99. The summed E-state index contributed by atoms with van der Waals surface area (Å²) in [5.41, 5.74) is 0.150. The number of hydrogen-bond donors (Lipinski definition) is 1. The molecule has 1 N–H and O–H groups in total. The average Bonchev–Trinajstić information content (AvgIpc) is 2.73. The molecule has 2 rings (SSSR count). The Hall–Kier alpha value is -1.33. The molecular formula is C12H11F2NOS. The summed E-state index contributed by atoms with van der Waals surface area (Å²) < 4.78 is 26.7. The molecule has 2 aromatic rings. The van der Waals surface area contributed by atoms with Crippen molar-refractivity contribution in [3.63, 3.8) is 0 Å². The monoisotopic (exact) mass is 255 g/mol. The number of rotatable bonds is 3. The molecular weight excluding hydrogens is 244 g/mol. The van der Waals surface area contributed by atoms with Gasteiger partial charge in [-0.15, -0.1) is 11.3 Å². The second-order valence-electron chi connectivity index (χ2n) is 4.02. The van der Waals surface area contributed by atoms with Gasteiger partial charge in [0.15, 0.2) is 11.6 Å². The maximum absolute atomic E-state index is 13.6. The van der Waals surface area contributed by atoms with Crippen molar-refractivity contribution in [2.75, 3.05) is 0 Å². The predicted octanol–water partition coefficient (Wildman–Crippen LogP) is 2.87. The van der Waals surface area contributed by atoms with Crippen molar-refractivity contribution in [3.05, 3.63) is 52.0 Å². The maximum atomic E-state index is 13.6. The number of nitrogens with zero attached hydrogens (tertiary/aromatic N) is 1. The van der Waals surface area contributed by atoms with Crippen LogP contribution in [-0.4, -0.2) is 10.1 Å². The van der Waals surface area contributed by atoms with E-state index in [4.69, 9.17) is 0 Å². The van der Waals surface area contributed by atoms with E-state index in [1.807, 2.05) is 0 Å². The van der Waals surface area contributed by atoms with Gasteiger partial charge in [0.25, 0.3) is 0 Å². The number of thiazole rings is 1. The fourth-order valence-electron chi connectivity index (χ4n) is 1.68. The van der Waals surface area contributed by atoms with Crippen LogP contribution in [0, 0.1) is 11.6 Å². The van der Waals surface area contributed by atoms with E-state index in [9.17, 15) is 13.9 Å². The zero-order valence-corrected chi connectivity index (χ0v) is 9.97. The third-order valence-corrected chi connectivity index (χ3v) is 3.31. The van der Waals surface area contributed by atoms with Gasteiger partial charge in [0.1, 0.15) is 0 Å². The van der Waals surface area contributed by atoms with Crippen LogP contribution in [0.15, 0.2) is 29.9 Å². The Morgan fingerprint density at radius 1 is 1.41 bits per heavy atom. The molecule has 0 saturated heterocycles. The molecule has 0 saturated carbocycles. The minimum atomic E-state index is -1.45. The van der Waals surface area contributed by atoms with Crippen LogP contribution in [0.25, 0.3) is 0 Å². The van der Waals surface area contributed by atoms with Crippen LogP contribution < -0.4 is 0 Å². The third-order valence-electron chi connectivity index (χ3n) is 2.53. The lowest BCUT2D eigenvalue weighted by molar-refractivity contribution is 0.0538. The Morgan fingerprint density at radius 3 is 2.82 bits per heavy atom. The lowest BCUT2D eigenvalue weighted by Gasteiger charge is -2.23. The standard InChI is InChI=1S/C12H11F2NOS/c1-12(16,5-8-6-15-7-17-8)9-3-2-4-10(13)11(9)14/h2-4,6-7,16H,5H2,1H3. The Labute approximate surface area is 102 Å². The summed E-state index contributed by atoms with van der Waals surface area (Å²) >= 11 is 1.37. The fourth-order valence-corrected chi connectivity index (χ4v) is 2.43. The highest BCUT2D eigenvalue weighted by molar-refractivity contribution is 7.09. The first-order valence-electron chi connectivity index (χ1n) is 5.05. The molecule has 0 bridgehead atoms. The Kier molecular flexibility index (Phi) is 3.22. The molecule has 1 heterocycles. The van der Waals surface area contributed by atoms with Crippen molar-refractivity contribution >= 4 is 11.3 Å². The van der Waals surface area contributed by atoms with Crippen LogP contribution in [0.4, 0.5) is 8.78 Å². The summed E-state index contributed by atoms with van der Waals surface area (Å²) in [6, 6.07) is 3.80. The van der Waals surface area contributed by atoms with Gasteiger partial charge in [-0.1, -0.05) is 12.1 Å². The van der Waals surface area contributed by atoms with Crippen molar-refractivity contribution in [1.82, 2.24) is 4.98 Å². The topological polar surface area (TPSA) is 33.1 Å². The van der Waals surface area contributed by atoms with Crippen LogP contribution in [-0.2, 0) is 12.0 Å². The van der Waals surface area contributed by atoms with Crippen molar-refractivity contribution in [2.24, 2.45) is 0 Å². The van der Waals surface area contributed by atoms with E-state index in [0.717, 1.165) is 10.9 Å². The van der Waals surface area contributed by atoms with E-state index < -0.39 is 17.2 Å². The van der Waals surface area contributed by atoms with E-state index in [-0.39, 0.29) is 12.0 Å². The van der Waals surface area contributed by atoms with Gasteiger partial charge in [-0.3, -0.25) is 4.98 Å². The Morgan fingerprint density at radius 2 is 2.18 bits per heavy atom. The van der Waals surface area contributed by atoms with Crippen LogP contribution in [0.2, 0.25) is 0 Å². The average molecular weight is 255 g/mol. The van der Waals surface area contributed by atoms with Crippen LogP contribution >= 0.6 is 11.3 Å². The minimum absolute atomic E-state index is 0.0362. The smallest absolute Gasteiger partial charge is 0.164 e. The van der Waals surface area contributed by atoms with Gasteiger partial charge in [0, 0.05) is 23.1 Å². The molecule has 1 unspecified atom stereocenters. The first kappa shape index (κ1) is 12.1. The van der Waals surface area contributed by atoms with E-state index in [2.05, 4.69) is 4.98 Å². The van der Waals surface area contributed by atoms with Crippen LogP contribution in [0.1, 0.15) is 17.4 Å². The first-order chi connectivity index (χ1) is 8.00. The van der Waals surface area contributed by atoms with Crippen molar-refractivity contribution in [2.45, 2.75) is 18.9 Å². The summed E-state index contributed by atoms with van der Waals surface area (Å²) in [6.45, 7) is 1.46. The lowest BCUT2D eigenvalue weighted by Crippen LogP contribution is -2.25. The van der Waals surface area contributed by atoms with E-state index in [1.54, 1.807) is 11.7 Å². The third kappa shape index (κ3) is 2.50. The minimum Gasteiger partial charge on any atom is -0.385 e. The summed E-state index contributed by atoms with van der Waals surface area (Å²) in [4.78, 5) is 4.70. The summed E-state index contributed by atoms with van der Waals surface area (Å²) in [5.74, 6) is -1.95.